The van der Waals surface area contributed by atoms with Gasteiger partial charge in [0.25, 0.3) is 0 Å². The molecule has 0 spiro atoms. The minimum atomic E-state index is 0.396. The molecule has 0 saturated heterocycles. The van der Waals surface area contributed by atoms with Crippen molar-refractivity contribution in [2.24, 2.45) is 0 Å². The number of rotatable bonds is 3. The highest BCUT2D eigenvalue weighted by atomic mass is 16.5. The fourth-order valence-corrected chi connectivity index (χ4v) is 1.93. The summed E-state index contributed by atoms with van der Waals surface area (Å²) in [6, 6.07) is 0.456. The van der Waals surface area contributed by atoms with Gasteiger partial charge in [-0.25, -0.2) is 9.97 Å². The third-order valence-corrected chi connectivity index (χ3v) is 2.83. The van der Waals surface area contributed by atoms with Crippen LogP contribution in [0.1, 0.15) is 24.8 Å². The Balaban J connectivity index is 1.90. The number of ether oxygens (including phenoxy) is 1. The molecule has 0 radical (unpaired) electrons. The van der Waals surface area contributed by atoms with Crippen molar-refractivity contribution in [3.8, 4) is 0 Å². The molecule has 1 N–H and O–H groups in total. The standard InChI is InChI=1S/C11H17N3O/c1-8-6-12-11(13-7-8)14-9-3-4-10(5-9)15-2/h6-7,9-10H,3-5H2,1-2H3,(H,12,13,14). The number of methoxy groups -OCH3 is 1. The molecule has 1 fully saturated rings. The lowest BCUT2D eigenvalue weighted by molar-refractivity contribution is 0.108. The summed E-state index contributed by atoms with van der Waals surface area (Å²) >= 11 is 0. The summed E-state index contributed by atoms with van der Waals surface area (Å²) in [6.45, 7) is 1.99. The van der Waals surface area contributed by atoms with Gasteiger partial charge in [-0.15, -0.1) is 0 Å². The van der Waals surface area contributed by atoms with Crippen LogP contribution < -0.4 is 5.32 Å². The molecule has 15 heavy (non-hydrogen) atoms. The first-order valence-electron chi connectivity index (χ1n) is 5.36. The maximum Gasteiger partial charge on any atom is 0.222 e. The molecule has 1 saturated carbocycles. The van der Waals surface area contributed by atoms with E-state index in [9.17, 15) is 0 Å². The summed E-state index contributed by atoms with van der Waals surface area (Å²) in [6.07, 6.45) is 7.37. The van der Waals surface area contributed by atoms with E-state index in [0.29, 0.717) is 12.1 Å². The second kappa shape index (κ2) is 4.57. The molecule has 0 amide bonds. The fourth-order valence-electron chi connectivity index (χ4n) is 1.93. The van der Waals surface area contributed by atoms with Gasteiger partial charge in [-0.05, 0) is 31.7 Å². The predicted molar refractivity (Wildman–Crippen MR) is 58.8 cm³/mol. The lowest BCUT2D eigenvalue weighted by Crippen LogP contribution is -2.18. The zero-order valence-electron chi connectivity index (χ0n) is 9.23. The molecule has 4 nitrogen and oxygen atoms in total. The number of aromatic nitrogens is 2. The maximum atomic E-state index is 5.32. The van der Waals surface area contributed by atoms with Crippen LogP contribution in [0.25, 0.3) is 0 Å². The molecule has 4 heteroatoms. The molecule has 2 rings (SSSR count). The SMILES string of the molecule is COC1CCC(Nc2ncc(C)cn2)C1. The first-order valence-corrected chi connectivity index (χ1v) is 5.36. The topological polar surface area (TPSA) is 47.0 Å². The van der Waals surface area contributed by atoms with Crippen molar-refractivity contribution in [3.05, 3.63) is 18.0 Å². The van der Waals surface area contributed by atoms with E-state index in [1.165, 1.54) is 0 Å². The molecule has 2 atom stereocenters. The Labute approximate surface area is 90.1 Å². The highest BCUT2D eigenvalue weighted by Crippen LogP contribution is 2.23. The van der Waals surface area contributed by atoms with Gasteiger partial charge in [-0.1, -0.05) is 0 Å². The Hall–Kier alpha value is -1.16. The van der Waals surface area contributed by atoms with Gasteiger partial charge in [0, 0.05) is 25.5 Å². The molecule has 1 heterocycles. The van der Waals surface area contributed by atoms with Crippen molar-refractivity contribution in [2.75, 3.05) is 12.4 Å². The highest BCUT2D eigenvalue weighted by molar-refractivity contribution is 5.26. The van der Waals surface area contributed by atoms with Gasteiger partial charge in [0.2, 0.25) is 5.95 Å². The number of hydrogen-bond donors (Lipinski definition) is 1. The highest BCUT2D eigenvalue weighted by Gasteiger charge is 2.24. The van der Waals surface area contributed by atoms with Gasteiger partial charge < -0.3 is 10.1 Å². The van der Waals surface area contributed by atoms with E-state index in [0.717, 1.165) is 30.8 Å². The van der Waals surface area contributed by atoms with Crippen LogP contribution in [-0.4, -0.2) is 29.2 Å². The molecule has 1 aliphatic carbocycles. The number of hydrogen-bond acceptors (Lipinski definition) is 4. The number of aryl methyl sites for hydroxylation is 1. The average molecular weight is 207 g/mol. The van der Waals surface area contributed by atoms with Gasteiger partial charge in [0.15, 0.2) is 0 Å². The molecule has 82 valence electrons. The minimum absolute atomic E-state index is 0.396. The number of nitrogens with one attached hydrogen (secondary N) is 1. The van der Waals surface area contributed by atoms with Crippen molar-refractivity contribution in [1.82, 2.24) is 9.97 Å². The van der Waals surface area contributed by atoms with Crippen molar-refractivity contribution in [2.45, 2.75) is 38.3 Å². The Morgan fingerprint density at radius 3 is 2.67 bits per heavy atom. The second-order valence-electron chi connectivity index (χ2n) is 4.10. The van der Waals surface area contributed by atoms with Crippen LogP contribution in [0.4, 0.5) is 5.95 Å². The van der Waals surface area contributed by atoms with Gasteiger partial charge >= 0.3 is 0 Å². The van der Waals surface area contributed by atoms with E-state index < -0.39 is 0 Å². The van der Waals surface area contributed by atoms with E-state index >= 15 is 0 Å². The van der Waals surface area contributed by atoms with E-state index in [1.54, 1.807) is 7.11 Å². The number of anilines is 1. The minimum Gasteiger partial charge on any atom is -0.381 e. The zero-order chi connectivity index (χ0) is 10.7. The van der Waals surface area contributed by atoms with Crippen LogP contribution >= 0.6 is 0 Å². The Morgan fingerprint density at radius 1 is 1.33 bits per heavy atom. The van der Waals surface area contributed by atoms with Crippen molar-refractivity contribution < 1.29 is 4.74 Å². The maximum absolute atomic E-state index is 5.32. The molecular weight excluding hydrogens is 190 g/mol. The van der Waals surface area contributed by atoms with Gasteiger partial charge in [-0.2, -0.15) is 0 Å². The largest absolute Gasteiger partial charge is 0.381 e. The molecule has 0 aliphatic heterocycles. The smallest absolute Gasteiger partial charge is 0.222 e. The van der Waals surface area contributed by atoms with E-state index in [1.807, 2.05) is 19.3 Å². The average Bonchev–Trinajstić information content (AvgIpc) is 2.69. The van der Waals surface area contributed by atoms with Crippen LogP contribution in [0.15, 0.2) is 12.4 Å². The molecule has 1 aromatic rings. The quantitative estimate of drug-likeness (QED) is 0.820. The lowest BCUT2D eigenvalue weighted by Gasteiger charge is -2.12. The molecule has 0 aromatic carbocycles. The Bertz CT molecular complexity index is 312. The van der Waals surface area contributed by atoms with Crippen LogP contribution in [-0.2, 0) is 4.74 Å². The fraction of sp³-hybridized carbons (Fsp3) is 0.636. The van der Waals surface area contributed by atoms with Crippen molar-refractivity contribution in [3.63, 3.8) is 0 Å². The molecular formula is C11H17N3O. The predicted octanol–water partition coefficient (Wildman–Crippen LogP) is 1.76. The summed E-state index contributed by atoms with van der Waals surface area (Å²) in [5.41, 5.74) is 1.08. The van der Waals surface area contributed by atoms with E-state index in [4.69, 9.17) is 4.74 Å². The summed E-state index contributed by atoms with van der Waals surface area (Å²) < 4.78 is 5.32. The Kier molecular flexibility index (Phi) is 3.16. The molecule has 1 aromatic heterocycles. The summed E-state index contributed by atoms with van der Waals surface area (Å²) in [5, 5.41) is 3.33. The molecule has 2 unspecified atom stereocenters. The van der Waals surface area contributed by atoms with Crippen LogP contribution in [0.5, 0.6) is 0 Å². The van der Waals surface area contributed by atoms with Crippen molar-refractivity contribution >= 4 is 5.95 Å². The first kappa shape index (κ1) is 10.4. The summed E-state index contributed by atoms with van der Waals surface area (Å²) in [7, 11) is 1.77. The monoisotopic (exact) mass is 207 g/mol. The van der Waals surface area contributed by atoms with Gasteiger partial charge in [0.05, 0.1) is 6.10 Å². The number of nitrogens with zero attached hydrogens (tertiary/aromatic N) is 2. The zero-order valence-corrected chi connectivity index (χ0v) is 9.23. The van der Waals surface area contributed by atoms with Crippen molar-refractivity contribution in [1.29, 1.82) is 0 Å². The van der Waals surface area contributed by atoms with Gasteiger partial charge in [0.1, 0.15) is 0 Å². The van der Waals surface area contributed by atoms with Crippen LogP contribution in [0.3, 0.4) is 0 Å². The summed E-state index contributed by atoms with van der Waals surface area (Å²) in [5.74, 6) is 0.724. The molecule has 0 bridgehead atoms. The first-order chi connectivity index (χ1) is 7.28. The summed E-state index contributed by atoms with van der Waals surface area (Å²) in [4.78, 5) is 8.46. The second-order valence-corrected chi connectivity index (χ2v) is 4.10. The molecule has 1 aliphatic rings. The van der Waals surface area contributed by atoms with Crippen LogP contribution in [0.2, 0.25) is 0 Å². The van der Waals surface area contributed by atoms with Gasteiger partial charge in [-0.3, -0.25) is 0 Å². The lowest BCUT2D eigenvalue weighted by atomic mass is 10.2. The van der Waals surface area contributed by atoms with E-state index in [-0.39, 0.29) is 0 Å². The third kappa shape index (κ3) is 2.65. The Morgan fingerprint density at radius 2 is 2.07 bits per heavy atom. The van der Waals surface area contributed by atoms with E-state index in [2.05, 4.69) is 15.3 Å². The third-order valence-electron chi connectivity index (χ3n) is 2.83. The normalized spacial score (nSPS) is 25.5. The van der Waals surface area contributed by atoms with Crippen LogP contribution in [0, 0.1) is 6.92 Å².